The van der Waals surface area contributed by atoms with Crippen molar-refractivity contribution >= 4 is 11.7 Å². The summed E-state index contributed by atoms with van der Waals surface area (Å²) in [7, 11) is 5.78. The molecule has 0 saturated carbocycles. The second kappa shape index (κ2) is 10.2. The first-order chi connectivity index (χ1) is 17.8. The van der Waals surface area contributed by atoms with Crippen molar-refractivity contribution in [2.75, 3.05) is 28.4 Å². The van der Waals surface area contributed by atoms with Gasteiger partial charge >= 0.3 is 0 Å². The highest BCUT2D eigenvalue weighted by atomic mass is 19.1. The summed E-state index contributed by atoms with van der Waals surface area (Å²) in [6.07, 6.45) is 1.17. The molecule has 0 radical (unpaired) electrons. The van der Waals surface area contributed by atoms with Crippen LogP contribution < -0.4 is 18.9 Å². The third-order valence-electron chi connectivity index (χ3n) is 6.29. The van der Waals surface area contributed by atoms with Gasteiger partial charge in [-0.2, -0.15) is 0 Å². The zero-order valence-electron chi connectivity index (χ0n) is 20.8. The van der Waals surface area contributed by atoms with E-state index in [1.54, 1.807) is 42.5 Å². The number of benzene rings is 3. The van der Waals surface area contributed by atoms with Crippen molar-refractivity contribution in [2.24, 2.45) is 0 Å². The molecular weight excluding hydrogens is 481 g/mol. The molecule has 3 aromatic carbocycles. The Morgan fingerprint density at radius 2 is 1.59 bits per heavy atom. The molecule has 1 amide bonds. The number of ether oxygens (including phenoxy) is 4. The Bertz CT molecular complexity index is 1390. The summed E-state index contributed by atoms with van der Waals surface area (Å²) in [6, 6.07) is 15.2. The van der Waals surface area contributed by atoms with Gasteiger partial charge in [0.1, 0.15) is 17.3 Å². The predicted octanol–water partition coefficient (Wildman–Crippen LogP) is 4.42. The number of halogens is 1. The molecule has 9 heteroatoms. The van der Waals surface area contributed by atoms with Gasteiger partial charge in [0, 0.05) is 12.6 Å². The van der Waals surface area contributed by atoms with E-state index in [1.165, 1.54) is 51.5 Å². The fourth-order valence-electron chi connectivity index (χ4n) is 4.48. The topological polar surface area (TPSA) is 94.5 Å². The maximum Gasteiger partial charge on any atom is 0.290 e. The third kappa shape index (κ3) is 4.44. The van der Waals surface area contributed by atoms with Crippen molar-refractivity contribution in [1.82, 2.24) is 4.90 Å². The van der Waals surface area contributed by atoms with E-state index in [-0.39, 0.29) is 17.9 Å². The van der Waals surface area contributed by atoms with Crippen LogP contribution in [0.3, 0.4) is 0 Å². The highest BCUT2D eigenvalue weighted by Crippen LogP contribution is 2.45. The molecule has 1 heterocycles. The number of Topliss-reactive ketones (excluding diaryl/α,β-unsaturated/α-hetero) is 1. The average Bonchev–Trinajstić information content (AvgIpc) is 3.18. The predicted molar refractivity (Wildman–Crippen MR) is 133 cm³/mol. The summed E-state index contributed by atoms with van der Waals surface area (Å²) < 4.78 is 35.8. The molecule has 1 N–H and O–H groups in total. The number of ketones is 1. The summed E-state index contributed by atoms with van der Waals surface area (Å²) >= 11 is 0. The monoisotopic (exact) mass is 507 g/mol. The molecule has 37 heavy (non-hydrogen) atoms. The van der Waals surface area contributed by atoms with Gasteiger partial charge in [0.15, 0.2) is 22.8 Å². The van der Waals surface area contributed by atoms with Crippen molar-refractivity contribution in [3.63, 3.8) is 0 Å². The largest absolute Gasteiger partial charge is 0.503 e. The quantitative estimate of drug-likeness (QED) is 0.429. The van der Waals surface area contributed by atoms with E-state index in [0.717, 1.165) is 6.07 Å². The number of rotatable bonds is 9. The summed E-state index contributed by atoms with van der Waals surface area (Å²) in [5, 5.41) is 10.7. The average molecular weight is 508 g/mol. The normalized spacial score (nSPS) is 16.8. The van der Waals surface area contributed by atoms with Crippen LogP contribution in [0.4, 0.5) is 4.39 Å². The van der Waals surface area contributed by atoms with Crippen molar-refractivity contribution in [2.45, 2.75) is 12.1 Å². The molecule has 1 aliphatic rings. The van der Waals surface area contributed by atoms with E-state index in [2.05, 4.69) is 0 Å². The summed E-state index contributed by atoms with van der Waals surface area (Å²) in [6.45, 7) is -0.0751. The number of aliphatic hydroxyl groups excluding tert-OH is 1. The number of amides is 1. The van der Waals surface area contributed by atoms with Gasteiger partial charge in [-0.05, 0) is 53.6 Å². The van der Waals surface area contributed by atoms with E-state index >= 15 is 0 Å². The van der Waals surface area contributed by atoms with Crippen LogP contribution in [0.2, 0.25) is 0 Å². The fraction of sp³-hybridized carbons (Fsp3) is 0.214. The van der Waals surface area contributed by atoms with Crippen LogP contribution in [0.1, 0.15) is 21.5 Å². The molecule has 0 aromatic heterocycles. The van der Waals surface area contributed by atoms with Gasteiger partial charge in [0.2, 0.25) is 5.78 Å². The molecular formula is C28H26FNO7. The molecule has 0 fully saturated rings. The van der Waals surface area contributed by atoms with Gasteiger partial charge in [0.25, 0.3) is 5.91 Å². The maximum absolute atomic E-state index is 14.4. The Morgan fingerprint density at radius 1 is 0.892 bits per heavy atom. The first kappa shape index (κ1) is 25.6. The SMILES string of the molecule is COc1cccc(CN2C(=O)C(O)=CC2(C(=O)c2cc(F)ccc2OC)c2ccc(OC)c(OC)c2)c1. The Kier molecular flexibility index (Phi) is 7.06. The Morgan fingerprint density at radius 3 is 2.27 bits per heavy atom. The molecule has 1 aliphatic heterocycles. The molecule has 192 valence electrons. The number of methoxy groups -OCH3 is 4. The van der Waals surface area contributed by atoms with Crippen LogP contribution in [0.15, 0.2) is 72.5 Å². The number of carbonyl (C=O) groups is 2. The lowest BCUT2D eigenvalue weighted by Gasteiger charge is -2.37. The van der Waals surface area contributed by atoms with Crippen LogP contribution in [0.5, 0.6) is 23.0 Å². The van der Waals surface area contributed by atoms with Gasteiger partial charge < -0.3 is 29.0 Å². The fourth-order valence-corrected chi connectivity index (χ4v) is 4.48. The first-order valence-corrected chi connectivity index (χ1v) is 11.3. The van der Waals surface area contributed by atoms with Crippen molar-refractivity contribution in [3.05, 3.63) is 95.0 Å². The second-order valence-electron chi connectivity index (χ2n) is 8.28. The first-order valence-electron chi connectivity index (χ1n) is 11.3. The number of hydrogen-bond donors (Lipinski definition) is 1. The Labute approximate surface area is 213 Å². The standard InChI is InChI=1S/C28H26FNO7/c1-34-20-7-5-6-17(12-20)16-30-27(33)22(31)15-28(30,18-8-10-24(36-3)25(13-18)37-4)26(32)21-14-19(29)9-11-23(21)35-2/h5-15,31H,16H2,1-4H3. The van der Waals surface area contributed by atoms with Gasteiger partial charge in [-0.15, -0.1) is 0 Å². The molecule has 0 saturated heterocycles. The van der Waals surface area contributed by atoms with Gasteiger partial charge in [-0.3, -0.25) is 9.59 Å². The molecule has 4 rings (SSSR count). The lowest BCUT2D eigenvalue weighted by Crippen LogP contribution is -2.49. The number of nitrogens with zero attached hydrogens (tertiary/aromatic N) is 1. The van der Waals surface area contributed by atoms with Gasteiger partial charge in [-0.1, -0.05) is 18.2 Å². The number of aliphatic hydroxyl groups is 1. The van der Waals surface area contributed by atoms with Crippen molar-refractivity contribution < 1.29 is 38.0 Å². The minimum atomic E-state index is -1.87. The maximum atomic E-state index is 14.4. The lowest BCUT2D eigenvalue weighted by atomic mass is 9.81. The Balaban J connectivity index is 1.98. The van der Waals surface area contributed by atoms with Crippen LogP contribution >= 0.6 is 0 Å². The minimum Gasteiger partial charge on any atom is -0.503 e. The summed E-state index contributed by atoms with van der Waals surface area (Å²) in [5.41, 5.74) is -1.04. The molecule has 3 aromatic rings. The van der Waals surface area contributed by atoms with Gasteiger partial charge in [0.05, 0.1) is 34.0 Å². The van der Waals surface area contributed by atoms with Crippen molar-refractivity contribution in [3.8, 4) is 23.0 Å². The van der Waals surface area contributed by atoms with Crippen LogP contribution in [-0.2, 0) is 16.9 Å². The smallest absolute Gasteiger partial charge is 0.290 e. The van der Waals surface area contributed by atoms with Gasteiger partial charge in [-0.25, -0.2) is 4.39 Å². The van der Waals surface area contributed by atoms with Crippen LogP contribution in [-0.4, -0.2) is 50.1 Å². The minimum absolute atomic E-state index is 0.0751. The van der Waals surface area contributed by atoms with E-state index in [9.17, 15) is 19.1 Å². The number of hydrogen-bond acceptors (Lipinski definition) is 7. The molecule has 1 atom stereocenters. The number of carbonyl (C=O) groups excluding carboxylic acids is 2. The summed E-state index contributed by atoms with van der Waals surface area (Å²) in [4.78, 5) is 29.0. The summed E-state index contributed by atoms with van der Waals surface area (Å²) in [5.74, 6) is -1.39. The van der Waals surface area contributed by atoms with Crippen LogP contribution in [0.25, 0.3) is 0 Å². The molecule has 1 unspecified atom stereocenters. The molecule has 0 bridgehead atoms. The van der Waals surface area contributed by atoms with E-state index < -0.39 is 28.8 Å². The van der Waals surface area contributed by atoms with Crippen molar-refractivity contribution in [1.29, 1.82) is 0 Å². The lowest BCUT2D eigenvalue weighted by molar-refractivity contribution is -0.131. The zero-order chi connectivity index (χ0) is 26.7. The molecule has 8 nitrogen and oxygen atoms in total. The Hall–Kier alpha value is -4.53. The third-order valence-corrected chi connectivity index (χ3v) is 6.29. The zero-order valence-corrected chi connectivity index (χ0v) is 20.8. The second-order valence-corrected chi connectivity index (χ2v) is 8.28. The molecule has 0 spiro atoms. The highest BCUT2D eigenvalue weighted by Gasteiger charge is 2.53. The van der Waals surface area contributed by atoms with E-state index in [1.807, 2.05) is 0 Å². The molecule has 0 aliphatic carbocycles. The van der Waals surface area contributed by atoms with E-state index in [4.69, 9.17) is 18.9 Å². The highest BCUT2D eigenvalue weighted by molar-refractivity contribution is 6.12. The van der Waals surface area contributed by atoms with Crippen LogP contribution in [0, 0.1) is 5.82 Å². The van der Waals surface area contributed by atoms with E-state index in [0.29, 0.717) is 28.4 Å².